The van der Waals surface area contributed by atoms with Crippen molar-refractivity contribution in [1.29, 1.82) is 0 Å². The molecule has 4 aliphatic rings. The Bertz CT molecular complexity index is 1120. The highest BCUT2D eigenvalue weighted by Gasteiger charge is 2.58. The first-order valence-corrected chi connectivity index (χ1v) is 12.5. The Balaban J connectivity index is 1.75. The SMILES string of the molecule is CC(C)C1=C2C(=C3C(O)CC(C)(C)CC3N1O)C1(CCOCC1)OC2c1ccc(C(F)(F)F)cc1F. The average Bonchev–Trinajstić information content (AvgIpc) is 3.06. The van der Waals surface area contributed by atoms with E-state index in [9.17, 15) is 23.5 Å². The maximum Gasteiger partial charge on any atom is 0.416 e. The Hall–Kier alpha value is -1.94. The van der Waals surface area contributed by atoms with Crippen LogP contribution in [0.4, 0.5) is 17.6 Å². The first-order chi connectivity index (χ1) is 16.8. The van der Waals surface area contributed by atoms with Gasteiger partial charge in [-0.25, -0.2) is 4.39 Å². The quantitative estimate of drug-likeness (QED) is 0.483. The molecule has 3 heterocycles. The fourth-order valence-corrected chi connectivity index (χ4v) is 6.60. The maximum absolute atomic E-state index is 15.3. The maximum atomic E-state index is 15.3. The molecule has 3 fully saturated rings. The third kappa shape index (κ3) is 3.99. The summed E-state index contributed by atoms with van der Waals surface area (Å²) in [5, 5.41) is 24.1. The molecule has 2 saturated heterocycles. The van der Waals surface area contributed by atoms with E-state index in [0.29, 0.717) is 61.8 Å². The lowest BCUT2D eigenvalue weighted by Crippen LogP contribution is -2.51. The van der Waals surface area contributed by atoms with Crippen molar-refractivity contribution in [3.8, 4) is 0 Å². The topological polar surface area (TPSA) is 62.2 Å². The van der Waals surface area contributed by atoms with Gasteiger partial charge in [0, 0.05) is 37.2 Å². The highest BCUT2D eigenvalue weighted by atomic mass is 19.4. The number of rotatable bonds is 2. The van der Waals surface area contributed by atoms with Gasteiger partial charge in [-0.15, -0.1) is 0 Å². The van der Waals surface area contributed by atoms with Crippen LogP contribution in [0, 0.1) is 17.2 Å². The van der Waals surface area contributed by atoms with Gasteiger partial charge in [-0.3, -0.25) is 10.3 Å². The minimum Gasteiger partial charge on any atom is -0.389 e. The number of halogens is 4. The van der Waals surface area contributed by atoms with E-state index >= 15 is 4.39 Å². The highest BCUT2D eigenvalue weighted by Crippen LogP contribution is 2.60. The summed E-state index contributed by atoms with van der Waals surface area (Å²) in [5.41, 5.74) is 0.354. The molecule has 3 aliphatic heterocycles. The van der Waals surface area contributed by atoms with Crippen molar-refractivity contribution in [2.45, 2.75) is 83.4 Å². The molecule has 0 bridgehead atoms. The van der Waals surface area contributed by atoms with E-state index < -0.39 is 41.4 Å². The number of hydrogen-bond donors (Lipinski definition) is 2. The van der Waals surface area contributed by atoms with E-state index in [1.54, 1.807) is 0 Å². The van der Waals surface area contributed by atoms with Gasteiger partial charge in [0.15, 0.2) is 0 Å². The van der Waals surface area contributed by atoms with E-state index in [4.69, 9.17) is 9.47 Å². The molecule has 1 aromatic carbocycles. The zero-order valence-electron chi connectivity index (χ0n) is 21.0. The van der Waals surface area contributed by atoms with Crippen LogP contribution >= 0.6 is 0 Å². The van der Waals surface area contributed by atoms with E-state index in [1.807, 2.05) is 13.8 Å². The van der Waals surface area contributed by atoms with Crippen molar-refractivity contribution in [3.05, 3.63) is 57.6 Å². The first-order valence-electron chi connectivity index (χ1n) is 12.5. The third-order valence-electron chi connectivity index (χ3n) is 8.10. The van der Waals surface area contributed by atoms with Crippen molar-refractivity contribution in [3.63, 3.8) is 0 Å². The van der Waals surface area contributed by atoms with Gasteiger partial charge in [-0.2, -0.15) is 13.2 Å². The average molecular weight is 512 g/mol. The molecule has 5 nitrogen and oxygen atoms in total. The molecular weight excluding hydrogens is 478 g/mol. The Morgan fingerprint density at radius 2 is 1.78 bits per heavy atom. The fourth-order valence-electron chi connectivity index (χ4n) is 6.60. The molecule has 198 valence electrons. The van der Waals surface area contributed by atoms with Crippen LogP contribution in [0.15, 0.2) is 40.6 Å². The highest BCUT2D eigenvalue weighted by molar-refractivity contribution is 5.58. The third-order valence-corrected chi connectivity index (χ3v) is 8.10. The van der Waals surface area contributed by atoms with Gasteiger partial charge in [0.05, 0.1) is 29.0 Å². The predicted molar refractivity (Wildman–Crippen MR) is 123 cm³/mol. The van der Waals surface area contributed by atoms with Crippen molar-refractivity contribution >= 4 is 0 Å². The number of fused-ring (bicyclic) bond motifs is 3. The molecule has 36 heavy (non-hydrogen) atoms. The van der Waals surface area contributed by atoms with Gasteiger partial charge in [0.25, 0.3) is 0 Å². The summed E-state index contributed by atoms with van der Waals surface area (Å²) in [6, 6.07) is 2.01. The Labute approximate surface area is 208 Å². The second-order valence-electron chi connectivity index (χ2n) is 11.6. The molecular formula is C27H33F4NO4. The smallest absolute Gasteiger partial charge is 0.389 e. The van der Waals surface area contributed by atoms with E-state index in [2.05, 4.69) is 13.8 Å². The standard InChI is InChI=1S/C27H33F4NO4/c1-14(2)23-21-22(20-18(32(23)34)12-25(3,4)13-19(20)33)26(7-9-35-10-8-26)36-24(21)16-6-5-15(11-17(16)28)27(29,30)31/h5-6,11,14,18-19,24,33-34H,7-10,12-13H2,1-4H3. The van der Waals surface area contributed by atoms with Crippen molar-refractivity contribution in [2.24, 2.45) is 11.3 Å². The predicted octanol–water partition coefficient (Wildman–Crippen LogP) is 5.93. The largest absolute Gasteiger partial charge is 0.416 e. The number of alkyl halides is 3. The first kappa shape index (κ1) is 25.7. The fraction of sp³-hybridized carbons (Fsp3) is 0.630. The van der Waals surface area contributed by atoms with Crippen molar-refractivity contribution in [2.75, 3.05) is 13.2 Å². The molecule has 0 amide bonds. The molecule has 1 spiro atoms. The van der Waals surface area contributed by atoms with Gasteiger partial charge in [0.2, 0.25) is 0 Å². The zero-order valence-corrected chi connectivity index (χ0v) is 21.0. The van der Waals surface area contributed by atoms with Crippen LogP contribution in [-0.2, 0) is 15.7 Å². The molecule has 3 atom stereocenters. The minimum atomic E-state index is -4.67. The summed E-state index contributed by atoms with van der Waals surface area (Å²) in [4.78, 5) is 0. The molecule has 5 rings (SSSR count). The normalized spacial score (nSPS) is 29.8. The molecule has 9 heteroatoms. The van der Waals surface area contributed by atoms with Gasteiger partial charge >= 0.3 is 6.18 Å². The Kier molecular flexibility index (Phi) is 6.10. The van der Waals surface area contributed by atoms with Gasteiger partial charge < -0.3 is 14.6 Å². The van der Waals surface area contributed by atoms with Crippen LogP contribution in [0.5, 0.6) is 0 Å². The number of ether oxygens (including phenoxy) is 2. The molecule has 1 aliphatic carbocycles. The van der Waals surface area contributed by atoms with E-state index in [-0.39, 0.29) is 16.9 Å². The second-order valence-corrected chi connectivity index (χ2v) is 11.6. The Morgan fingerprint density at radius 1 is 1.11 bits per heavy atom. The zero-order chi connectivity index (χ0) is 26.2. The second kappa shape index (κ2) is 8.55. The minimum absolute atomic E-state index is 0.0184. The lowest BCUT2D eigenvalue weighted by molar-refractivity contribution is -0.137. The van der Waals surface area contributed by atoms with Crippen LogP contribution in [-0.4, -0.2) is 46.3 Å². The molecule has 0 radical (unpaired) electrons. The summed E-state index contributed by atoms with van der Waals surface area (Å²) >= 11 is 0. The van der Waals surface area contributed by atoms with Gasteiger partial charge in [-0.05, 0) is 47.5 Å². The summed E-state index contributed by atoms with van der Waals surface area (Å²) in [6.45, 7) is 8.73. The van der Waals surface area contributed by atoms with E-state index in [0.717, 1.165) is 17.7 Å². The van der Waals surface area contributed by atoms with Crippen molar-refractivity contribution < 1.29 is 37.3 Å². The van der Waals surface area contributed by atoms with Crippen LogP contribution in [0.2, 0.25) is 0 Å². The molecule has 1 aromatic rings. The number of hydrogen-bond acceptors (Lipinski definition) is 5. The molecule has 0 aromatic heterocycles. The van der Waals surface area contributed by atoms with Gasteiger partial charge in [0.1, 0.15) is 11.9 Å². The number of allylic oxidation sites excluding steroid dienone is 1. The lowest BCUT2D eigenvalue weighted by Gasteiger charge is -2.49. The molecule has 1 saturated carbocycles. The summed E-state index contributed by atoms with van der Waals surface area (Å²) in [6.07, 6.45) is -4.51. The van der Waals surface area contributed by atoms with Crippen LogP contribution in [0.3, 0.4) is 0 Å². The number of aliphatic hydroxyl groups is 1. The van der Waals surface area contributed by atoms with Crippen LogP contribution in [0.1, 0.15) is 70.6 Å². The summed E-state index contributed by atoms with van der Waals surface area (Å²) in [5.74, 6) is -1.21. The molecule has 3 unspecified atom stereocenters. The van der Waals surface area contributed by atoms with Crippen LogP contribution < -0.4 is 0 Å². The Morgan fingerprint density at radius 3 is 2.36 bits per heavy atom. The number of nitrogens with zero attached hydrogens (tertiary/aromatic N) is 1. The van der Waals surface area contributed by atoms with Gasteiger partial charge in [-0.1, -0.05) is 33.8 Å². The number of aliphatic hydroxyl groups excluding tert-OH is 1. The molecule has 2 N–H and O–H groups in total. The lowest BCUT2D eigenvalue weighted by atomic mass is 9.65. The van der Waals surface area contributed by atoms with Crippen LogP contribution in [0.25, 0.3) is 0 Å². The summed E-state index contributed by atoms with van der Waals surface area (Å²) < 4.78 is 67.3. The summed E-state index contributed by atoms with van der Waals surface area (Å²) in [7, 11) is 0. The number of benzene rings is 1. The van der Waals surface area contributed by atoms with E-state index in [1.165, 1.54) is 5.06 Å². The number of hydroxylamine groups is 2. The monoisotopic (exact) mass is 511 g/mol. The van der Waals surface area contributed by atoms with Crippen molar-refractivity contribution in [1.82, 2.24) is 5.06 Å².